The van der Waals surface area contributed by atoms with Crippen molar-refractivity contribution in [3.05, 3.63) is 0 Å². The van der Waals surface area contributed by atoms with Gasteiger partial charge in [-0.15, -0.1) is 0 Å². The second-order valence-corrected chi connectivity index (χ2v) is 16.1. The molecule has 6 heteroatoms. The Hall–Kier alpha value is -0.756. The molecule has 19 heavy (non-hydrogen) atoms. The van der Waals surface area contributed by atoms with Crippen LogP contribution in [0.4, 0.5) is 0 Å². The van der Waals surface area contributed by atoms with Crippen molar-refractivity contribution in [1.82, 2.24) is 4.34 Å². The van der Waals surface area contributed by atoms with Crippen LogP contribution in [0.2, 0.25) is 38.3 Å². The van der Waals surface area contributed by atoms with Crippen LogP contribution in [-0.2, 0) is 9.59 Å². The third-order valence-electron chi connectivity index (χ3n) is 3.88. The van der Waals surface area contributed by atoms with Crippen LogP contribution in [-0.4, -0.2) is 38.1 Å². The molecule has 4 nitrogen and oxygen atoms in total. The van der Waals surface area contributed by atoms with E-state index in [-0.39, 0.29) is 12.2 Å². The maximum absolute atomic E-state index is 11.9. The lowest BCUT2D eigenvalue weighted by atomic mass is 10.1. The van der Waals surface area contributed by atoms with Crippen LogP contribution in [0.1, 0.15) is 26.7 Å². The first kappa shape index (κ1) is 16.3. The first-order valence-electron chi connectivity index (χ1n) is 7.05. The SMILES string of the molecule is CCC(=O)C(=O)C(C)=NN1[Si](C)(C)CCC[Si]1(C)C. The van der Waals surface area contributed by atoms with E-state index in [1.807, 2.05) is 0 Å². The van der Waals surface area contributed by atoms with E-state index in [1.54, 1.807) is 13.8 Å². The Kier molecular flexibility index (Phi) is 4.89. The zero-order valence-corrected chi connectivity index (χ0v) is 15.0. The number of Topliss-reactive ketones (excluding diaryl/α,β-unsaturated/α-hetero) is 2. The number of ketones is 2. The van der Waals surface area contributed by atoms with Crippen LogP contribution in [0.15, 0.2) is 5.10 Å². The Morgan fingerprint density at radius 2 is 1.58 bits per heavy atom. The van der Waals surface area contributed by atoms with Gasteiger partial charge < -0.3 is 4.34 Å². The van der Waals surface area contributed by atoms with Crippen molar-refractivity contribution in [2.24, 2.45) is 5.10 Å². The number of hydrogen-bond acceptors (Lipinski definition) is 4. The molecule has 0 atom stereocenters. The molecular formula is C13H26N2O2Si2. The maximum atomic E-state index is 11.9. The summed E-state index contributed by atoms with van der Waals surface area (Å²) < 4.78 is 2.29. The largest absolute Gasteiger partial charge is 0.349 e. The van der Waals surface area contributed by atoms with Crippen LogP contribution < -0.4 is 0 Å². The van der Waals surface area contributed by atoms with Crippen LogP contribution in [0.5, 0.6) is 0 Å². The van der Waals surface area contributed by atoms with Crippen molar-refractivity contribution >= 4 is 33.7 Å². The molecule has 0 aliphatic carbocycles. The molecule has 108 valence electrons. The summed E-state index contributed by atoms with van der Waals surface area (Å²) in [5, 5.41) is 4.61. The van der Waals surface area contributed by atoms with Crippen LogP contribution in [0.25, 0.3) is 0 Å². The lowest BCUT2D eigenvalue weighted by Crippen LogP contribution is -2.62. The molecule has 0 N–H and O–H groups in total. The van der Waals surface area contributed by atoms with Crippen LogP contribution in [0, 0.1) is 0 Å². The Morgan fingerprint density at radius 1 is 1.11 bits per heavy atom. The second kappa shape index (κ2) is 5.70. The van der Waals surface area contributed by atoms with Gasteiger partial charge in [0.25, 0.3) is 0 Å². The monoisotopic (exact) mass is 298 g/mol. The van der Waals surface area contributed by atoms with E-state index in [0.29, 0.717) is 5.71 Å². The second-order valence-electron chi connectivity index (χ2n) is 6.58. The highest BCUT2D eigenvalue weighted by Crippen LogP contribution is 2.34. The topological polar surface area (TPSA) is 49.7 Å². The third-order valence-corrected chi connectivity index (χ3v) is 13.2. The first-order valence-corrected chi connectivity index (χ1v) is 13.4. The van der Waals surface area contributed by atoms with E-state index in [4.69, 9.17) is 0 Å². The lowest BCUT2D eigenvalue weighted by Gasteiger charge is -2.49. The fourth-order valence-electron chi connectivity index (χ4n) is 2.81. The van der Waals surface area contributed by atoms with Gasteiger partial charge in [0, 0.05) is 6.42 Å². The zero-order chi connectivity index (χ0) is 14.8. The molecule has 0 bridgehead atoms. The van der Waals surface area contributed by atoms with E-state index in [2.05, 4.69) is 35.6 Å². The summed E-state index contributed by atoms with van der Waals surface area (Å²) in [6.45, 7) is 12.6. The van der Waals surface area contributed by atoms with Gasteiger partial charge in [0.05, 0.1) is 0 Å². The van der Waals surface area contributed by atoms with Gasteiger partial charge in [-0.1, -0.05) is 39.5 Å². The lowest BCUT2D eigenvalue weighted by molar-refractivity contribution is -0.132. The maximum Gasteiger partial charge on any atom is 0.244 e. The Labute approximate surface area is 118 Å². The molecule has 1 rings (SSSR count). The highest BCUT2D eigenvalue weighted by Gasteiger charge is 2.44. The summed E-state index contributed by atoms with van der Waals surface area (Å²) in [4.78, 5) is 23.4. The summed E-state index contributed by atoms with van der Waals surface area (Å²) in [5.74, 6) is -0.750. The molecule has 1 aliphatic heterocycles. The number of hydrazone groups is 1. The zero-order valence-electron chi connectivity index (χ0n) is 13.0. The molecule has 0 aromatic heterocycles. The molecule has 1 saturated heterocycles. The highest BCUT2D eigenvalue weighted by atomic mass is 28.4. The fraction of sp³-hybridized carbons (Fsp3) is 0.769. The van der Waals surface area contributed by atoms with E-state index >= 15 is 0 Å². The fourth-order valence-corrected chi connectivity index (χ4v) is 13.7. The molecule has 0 aromatic carbocycles. The van der Waals surface area contributed by atoms with Gasteiger partial charge in [0.15, 0.2) is 16.5 Å². The van der Waals surface area contributed by atoms with Gasteiger partial charge in [-0.2, -0.15) is 5.10 Å². The number of hydrogen-bond donors (Lipinski definition) is 0. The molecule has 0 radical (unpaired) electrons. The molecule has 1 heterocycles. The summed E-state index contributed by atoms with van der Waals surface area (Å²) in [5.41, 5.74) is 0.370. The summed E-state index contributed by atoms with van der Waals surface area (Å²) in [7, 11) is -3.13. The van der Waals surface area contributed by atoms with Crippen LogP contribution >= 0.6 is 0 Å². The quantitative estimate of drug-likeness (QED) is 0.455. The van der Waals surface area contributed by atoms with E-state index in [0.717, 1.165) is 0 Å². The van der Waals surface area contributed by atoms with E-state index < -0.39 is 22.3 Å². The molecule has 0 aromatic rings. The number of nitrogens with zero attached hydrogens (tertiary/aromatic N) is 2. The van der Waals surface area contributed by atoms with Crippen molar-refractivity contribution in [2.45, 2.75) is 65.0 Å². The summed E-state index contributed by atoms with van der Waals surface area (Å²) >= 11 is 0. The van der Waals surface area contributed by atoms with Gasteiger partial charge in [-0.3, -0.25) is 9.59 Å². The average molecular weight is 299 g/mol. The van der Waals surface area contributed by atoms with Gasteiger partial charge in [0.2, 0.25) is 11.6 Å². The Bertz CT molecular complexity index is 401. The van der Waals surface area contributed by atoms with Crippen molar-refractivity contribution in [3.63, 3.8) is 0 Å². The first-order chi connectivity index (χ1) is 8.62. The van der Waals surface area contributed by atoms with Gasteiger partial charge >= 0.3 is 0 Å². The molecule has 0 amide bonds. The Balaban J connectivity index is 3.05. The molecule has 1 aliphatic rings. The van der Waals surface area contributed by atoms with Gasteiger partial charge in [0.1, 0.15) is 5.71 Å². The number of carbonyl (C=O) groups excluding carboxylic acids is 2. The van der Waals surface area contributed by atoms with Crippen molar-refractivity contribution in [2.75, 3.05) is 0 Å². The molecule has 0 saturated carbocycles. The molecule has 1 fully saturated rings. The summed E-state index contributed by atoms with van der Waals surface area (Å²) in [6.07, 6.45) is 1.54. The smallest absolute Gasteiger partial charge is 0.244 e. The third kappa shape index (κ3) is 3.63. The molecular weight excluding hydrogens is 272 g/mol. The van der Waals surface area contributed by atoms with Crippen molar-refractivity contribution < 1.29 is 9.59 Å². The molecule has 0 spiro atoms. The van der Waals surface area contributed by atoms with Gasteiger partial charge in [-0.05, 0) is 19.0 Å². The number of carbonyl (C=O) groups is 2. The highest BCUT2D eigenvalue weighted by molar-refractivity contribution is 6.91. The normalized spacial score (nSPS) is 22.2. The van der Waals surface area contributed by atoms with Gasteiger partial charge in [-0.25, -0.2) is 0 Å². The van der Waals surface area contributed by atoms with E-state index in [1.165, 1.54) is 18.5 Å². The minimum Gasteiger partial charge on any atom is -0.349 e. The number of rotatable bonds is 4. The van der Waals surface area contributed by atoms with Crippen LogP contribution in [0.3, 0.4) is 0 Å². The minimum absolute atomic E-state index is 0.257. The predicted octanol–water partition coefficient (Wildman–Crippen LogP) is 3.03. The van der Waals surface area contributed by atoms with Crippen molar-refractivity contribution in [3.8, 4) is 0 Å². The summed E-state index contributed by atoms with van der Waals surface area (Å²) in [6, 6.07) is 2.44. The minimum atomic E-state index is -1.56. The predicted molar refractivity (Wildman–Crippen MR) is 84.4 cm³/mol. The Morgan fingerprint density at radius 3 is 2.00 bits per heavy atom. The van der Waals surface area contributed by atoms with E-state index in [9.17, 15) is 9.59 Å². The standard InChI is InChI=1S/C13H26N2O2Si2/c1-7-12(16)13(17)11(2)14-15-18(3,4)9-8-10-19(15,5)6/h7-10H2,1-6H3. The molecule has 0 unspecified atom stereocenters. The van der Waals surface area contributed by atoms with Crippen molar-refractivity contribution in [1.29, 1.82) is 0 Å². The average Bonchev–Trinajstić information content (AvgIpc) is 2.31.